The molecule has 0 aromatic carbocycles. The summed E-state index contributed by atoms with van der Waals surface area (Å²) >= 11 is 0. The molecular weight excluding hydrogens is 240 g/mol. The summed E-state index contributed by atoms with van der Waals surface area (Å²) in [6.45, 7) is 4.96. The van der Waals surface area contributed by atoms with Crippen molar-refractivity contribution in [3.63, 3.8) is 0 Å². The van der Waals surface area contributed by atoms with E-state index in [9.17, 15) is 9.59 Å². The first-order chi connectivity index (χ1) is 9.19. The summed E-state index contributed by atoms with van der Waals surface area (Å²) in [5, 5.41) is 2.95. The Morgan fingerprint density at radius 1 is 1.16 bits per heavy atom. The minimum absolute atomic E-state index is 0.0647. The highest BCUT2D eigenvalue weighted by Crippen LogP contribution is 2.35. The molecule has 0 bridgehead atoms. The van der Waals surface area contributed by atoms with Crippen LogP contribution in [0.4, 0.5) is 0 Å². The van der Waals surface area contributed by atoms with E-state index < -0.39 is 0 Å². The summed E-state index contributed by atoms with van der Waals surface area (Å²) in [6, 6.07) is -0.466. The lowest BCUT2D eigenvalue weighted by atomic mass is 10.00. The third-order valence-electron chi connectivity index (χ3n) is 4.18. The molecule has 0 aromatic rings. The smallest absolute Gasteiger partial charge is 0.246 e. The molecule has 108 valence electrons. The second-order valence-electron chi connectivity index (χ2n) is 5.87. The molecule has 2 amide bonds. The van der Waals surface area contributed by atoms with E-state index in [-0.39, 0.29) is 23.9 Å². The number of carbonyl (C=O) groups is 2. The van der Waals surface area contributed by atoms with E-state index in [1.54, 1.807) is 0 Å². The first-order valence-corrected chi connectivity index (χ1v) is 7.79. The summed E-state index contributed by atoms with van der Waals surface area (Å²) < 4.78 is 0. The monoisotopic (exact) mass is 266 g/mol. The number of carbonyl (C=O) groups excluding carboxylic acids is 2. The molecule has 2 fully saturated rings. The van der Waals surface area contributed by atoms with Gasteiger partial charge in [0.15, 0.2) is 0 Å². The van der Waals surface area contributed by atoms with Gasteiger partial charge >= 0.3 is 0 Å². The Hall–Kier alpha value is -1.06. The van der Waals surface area contributed by atoms with Crippen molar-refractivity contribution in [1.82, 2.24) is 10.2 Å². The molecule has 2 aliphatic rings. The lowest BCUT2D eigenvalue weighted by molar-refractivity contribution is -0.150. The van der Waals surface area contributed by atoms with Crippen LogP contribution in [-0.2, 0) is 9.59 Å². The second-order valence-corrected chi connectivity index (χ2v) is 5.87. The fraction of sp³-hybridized carbons (Fsp3) is 0.867. The van der Waals surface area contributed by atoms with Crippen molar-refractivity contribution in [2.45, 2.75) is 70.9 Å². The van der Waals surface area contributed by atoms with Crippen molar-refractivity contribution < 1.29 is 9.59 Å². The summed E-state index contributed by atoms with van der Waals surface area (Å²) in [5.41, 5.74) is 0. The van der Waals surface area contributed by atoms with Gasteiger partial charge in [0.25, 0.3) is 0 Å². The molecule has 1 saturated heterocycles. The SMILES string of the molecule is CCCCCN1C(=O)C(C2CC2)NC(=O)C1CCC. The first-order valence-electron chi connectivity index (χ1n) is 7.79. The number of hydrogen-bond donors (Lipinski definition) is 1. The molecule has 0 spiro atoms. The highest BCUT2D eigenvalue weighted by atomic mass is 16.2. The van der Waals surface area contributed by atoms with Crippen LogP contribution in [0.2, 0.25) is 0 Å². The number of nitrogens with zero attached hydrogens (tertiary/aromatic N) is 1. The average molecular weight is 266 g/mol. The molecule has 0 aromatic heterocycles. The molecule has 1 heterocycles. The molecule has 4 heteroatoms. The second kappa shape index (κ2) is 6.40. The predicted molar refractivity (Wildman–Crippen MR) is 74.6 cm³/mol. The van der Waals surface area contributed by atoms with E-state index in [0.717, 1.165) is 51.5 Å². The van der Waals surface area contributed by atoms with E-state index in [1.807, 2.05) is 4.90 Å². The van der Waals surface area contributed by atoms with Gasteiger partial charge in [-0.25, -0.2) is 0 Å². The van der Waals surface area contributed by atoms with Crippen molar-refractivity contribution in [1.29, 1.82) is 0 Å². The van der Waals surface area contributed by atoms with E-state index in [4.69, 9.17) is 0 Å². The number of amides is 2. The standard InChI is InChI=1S/C15H26N2O2/c1-3-5-6-10-17-12(7-4-2)14(18)16-13(15(17)19)11-8-9-11/h11-13H,3-10H2,1-2H3,(H,16,18). The van der Waals surface area contributed by atoms with E-state index in [2.05, 4.69) is 19.2 Å². The molecule has 19 heavy (non-hydrogen) atoms. The fourth-order valence-corrected chi connectivity index (χ4v) is 2.89. The van der Waals surface area contributed by atoms with Gasteiger partial charge in [-0.05, 0) is 31.6 Å². The van der Waals surface area contributed by atoms with Gasteiger partial charge in [0.05, 0.1) is 0 Å². The largest absolute Gasteiger partial charge is 0.342 e. The lowest BCUT2D eigenvalue weighted by Gasteiger charge is -2.39. The van der Waals surface area contributed by atoms with Crippen LogP contribution in [0.5, 0.6) is 0 Å². The molecule has 1 N–H and O–H groups in total. The highest BCUT2D eigenvalue weighted by molar-refractivity contribution is 5.97. The Balaban J connectivity index is 2.04. The van der Waals surface area contributed by atoms with E-state index in [0.29, 0.717) is 5.92 Å². The summed E-state index contributed by atoms with van der Waals surface area (Å²) in [6.07, 6.45) is 7.14. The topological polar surface area (TPSA) is 49.4 Å². The lowest BCUT2D eigenvalue weighted by Crippen LogP contribution is -2.64. The minimum atomic E-state index is -0.234. The average Bonchev–Trinajstić information content (AvgIpc) is 3.21. The Kier molecular flexibility index (Phi) is 4.83. The maximum absolute atomic E-state index is 12.5. The molecule has 1 saturated carbocycles. The molecule has 4 nitrogen and oxygen atoms in total. The van der Waals surface area contributed by atoms with Gasteiger partial charge < -0.3 is 10.2 Å². The highest BCUT2D eigenvalue weighted by Gasteiger charge is 2.46. The minimum Gasteiger partial charge on any atom is -0.342 e. The molecule has 2 atom stereocenters. The maximum Gasteiger partial charge on any atom is 0.246 e. The van der Waals surface area contributed by atoms with Crippen molar-refractivity contribution in [3.05, 3.63) is 0 Å². The van der Waals surface area contributed by atoms with E-state index >= 15 is 0 Å². The summed E-state index contributed by atoms with van der Waals surface area (Å²) in [5.74, 6) is 0.624. The summed E-state index contributed by atoms with van der Waals surface area (Å²) in [7, 11) is 0. The molecule has 1 aliphatic carbocycles. The Morgan fingerprint density at radius 3 is 2.47 bits per heavy atom. The van der Waals surface area contributed by atoms with Gasteiger partial charge in [-0.15, -0.1) is 0 Å². The van der Waals surface area contributed by atoms with Crippen LogP contribution in [0.1, 0.15) is 58.8 Å². The number of hydrogen-bond acceptors (Lipinski definition) is 2. The zero-order valence-corrected chi connectivity index (χ0v) is 12.2. The zero-order chi connectivity index (χ0) is 13.8. The summed E-state index contributed by atoms with van der Waals surface area (Å²) in [4.78, 5) is 26.6. The van der Waals surface area contributed by atoms with Crippen LogP contribution in [0.25, 0.3) is 0 Å². The Morgan fingerprint density at radius 2 is 1.89 bits per heavy atom. The predicted octanol–water partition coefficient (Wildman–Crippen LogP) is 2.08. The van der Waals surface area contributed by atoms with Crippen molar-refractivity contribution in [2.75, 3.05) is 6.54 Å². The van der Waals surface area contributed by atoms with Gasteiger partial charge in [-0.3, -0.25) is 9.59 Å². The van der Waals surface area contributed by atoms with Gasteiger partial charge in [-0.1, -0.05) is 33.1 Å². The number of unbranched alkanes of at least 4 members (excludes halogenated alkanes) is 2. The maximum atomic E-state index is 12.5. The van der Waals surface area contributed by atoms with Crippen LogP contribution in [-0.4, -0.2) is 35.3 Å². The van der Waals surface area contributed by atoms with Crippen LogP contribution in [0.15, 0.2) is 0 Å². The van der Waals surface area contributed by atoms with Gasteiger partial charge in [0.1, 0.15) is 12.1 Å². The van der Waals surface area contributed by atoms with Gasteiger partial charge in [0, 0.05) is 6.54 Å². The van der Waals surface area contributed by atoms with Crippen molar-refractivity contribution in [3.8, 4) is 0 Å². The first kappa shape index (κ1) is 14.4. The number of rotatable bonds is 7. The molecule has 2 rings (SSSR count). The van der Waals surface area contributed by atoms with Crippen molar-refractivity contribution >= 4 is 11.8 Å². The van der Waals surface area contributed by atoms with Crippen LogP contribution < -0.4 is 5.32 Å². The quantitative estimate of drug-likeness (QED) is 0.717. The molecule has 1 aliphatic heterocycles. The molecule has 2 unspecified atom stereocenters. The Labute approximate surface area is 115 Å². The van der Waals surface area contributed by atoms with Gasteiger partial charge in [0.2, 0.25) is 11.8 Å². The van der Waals surface area contributed by atoms with Crippen LogP contribution in [0, 0.1) is 5.92 Å². The Bertz CT molecular complexity index is 339. The third kappa shape index (κ3) is 3.28. The third-order valence-corrected chi connectivity index (χ3v) is 4.18. The number of nitrogens with one attached hydrogen (secondary N) is 1. The van der Waals surface area contributed by atoms with Gasteiger partial charge in [-0.2, -0.15) is 0 Å². The molecular formula is C15H26N2O2. The van der Waals surface area contributed by atoms with Crippen LogP contribution >= 0.6 is 0 Å². The normalized spacial score (nSPS) is 27.6. The van der Waals surface area contributed by atoms with Crippen LogP contribution in [0.3, 0.4) is 0 Å². The molecule has 0 radical (unpaired) electrons. The fourth-order valence-electron chi connectivity index (χ4n) is 2.89. The van der Waals surface area contributed by atoms with E-state index in [1.165, 1.54) is 0 Å². The zero-order valence-electron chi connectivity index (χ0n) is 12.2. The number of piperazine rings is 1. The van der Waals surface area contributed by atoms with Crippen molar-refractivity contribution in [2.24, 2.45) is 5.92 Å².